The molecule has 2 aliphatic rings. The predicted octanol–water partition coefficient (Wildman–Crippen LogP) is 2.55. The van der Waals surface area contributed by atoms with Gasteiger partial charge >= 0.3 is 5.97 Å². The summed E-state index contributed by atoms with van der Waals surface area (Å²) in [5.74, 6) is -1.95. The fourth-order valence-electron chi connectivity index (χ4n) is 5.76. The molecule has 2 amide bonds. The number of aromatic nitrogens is 2. The van der Waals surface area contributed by atoms with Gasteiger partial charge in [-0.15, -0.1) is 0 Å². The fraction of sp³-hybridized carbons (Fsp3) is 0.226. The Morgan fingerprint density at radius 3 is 2.40 bits per heavy atom. The molecule has 1 heterocycles. The molecule has 4 aromatic rings. The van der Waals surface area contributed by atoms with Crippen molar-refractivity contribution in [2.75, 3.05) is 5.32 Å². The van der Waals surface area contributed by atoms with Crippen LogP contribution in [0.25, 0.3) is 0 Å². The van der Waals surface area contributed by atoms with Crippen LogP contribution in [0.1, 0.15) is 84.1 Å². The highest BCUT2D eigenvalue weighted by Crippen LogP contribution is 2.36. The van der Waals surface area contributed by atoms with Crippen LogP contribution in [0.15, 0.2) is 63.4 Å². The maximum atomic E-state index is 13.0. The van der Waals surface area contributed by atoms with Crippen molar-refractivity contribution >= 4 is 35.9 Å². The summed E-state index contributed by atoms with van der Waals surface area (Å²) >= 11 is 0. The van der Waals surface area contributed by atoms with Crippen molar-refractivity contribution in [3.05, 3.63) is 114 Å². The summed E-state index contributed by atoms with van der Waals surface area (Å²) in [5.41, 5.74) is 3.92. The SMILES string of the molecule is C=Nc1c(NC2CCc3ccc(CNC(=O)c4cc(C(=O)N[C@H]5CCc6cc(C(=O)O)ccc65)ncn4)cc32)c(=O)c1=O. The van der Waals surface area contributed by atoms with Gasteiger partial charge in [-0.25, -0.2) is 14.8 Å². The molecule has 12 heteroatoms. The molecule has 4 N–H and O–H groups in total. The highest BCUT2D eigenvalue weighted by Gasteiger charge is 2.28. The maximum Gasteiger partial charge on any atom is 0.335 e. The van der Waals surface area contributed by atoms with E-state index in [1.165, 1.54) is 12.1 Å². The first-order chi connectivity index (χ1) is 20.7. The number of carbonyl (C=O) groups excluding carboxylic acids is 2. The Hall–Kier alpha value is -5.52. The average Bonchev–Trinajstić information content (AvgIpc) is 3.62. The van der Waals surface area contributed by atoms with Crippen LogP contribution in [0.4, 0.5) is 11.4 Å². The minimum Gasteiger partial charge on any atom is -0.478 e. The number of carboxylic acid groups (broad SMARTS) is 1. The number of nitrogens with zero attached hydrogens (tertiary/aromatic N) is 3. The standard InChI is InChI=1S/C31H26N6O6/c1-32-25-26(28(39)27(25)38)36-22-8-5-16-3-2-15(10-20(16)22)13-33-29(40)23-12-24(35-14-34-23)30(41)37-21-9-6-17-11-18(31(42)43)4-7-19(17)21/h2-4,7,10-12,14,21-22,36H,1,5-6,8-9,13H2,(H,33,40)(H,37,41)(H,42,43)/t21-,22?/m0/s1. The third-order valence-corrected chi connectivity index (χ3v) is 8.01. The van der Waals surface area contributed by atoms with Crippen LogP contribution in [0.2, 0.25) is 0 Å². The van der Waals surface area contributed by atoms with Crippen LogP contribution < -0.4 is 26.8 Å². The average molecular weight is 579 g/mol. The molecule has 43 heavy (non-hydrogen) atoms. The molecule has 0 spiro atoms. The minimum absolute atomic E-state index is 0.0309. The number of aromatic carboxylic acids is 1. The van der Waals surface area contributed by atoms with E-state index in [2.05, 4.69) is 37.6 Å². The topological polar surface area (TPSA) is 180 Å². The van der Waals surface area contributed by atoms with E-state index in [1.54, 1.807) is 12.1 Å². The fourth-order valence-corrected chi connectivity index (χ4v) is 5.76. The number of carboxylic acids is 1. The van der Waals surface area contributed by atoms with E-state index in [4.69, 9.17) is 0 Å². The van der Waals surface area contributed by atoms with Crippen LogP contribution >= 0.6 is 0 Å². The van der Waals surface area contributed by atoms with Crippen LogP contribution in [0.3, 0.4) is 0 Å². The molecular formula is C31H26N6O6. The van der Waals surface area contributed by atoms with Gasteiger partial charge in [-0.1, -0.05) is 24.3 Å². The number of fused-ring (bicyclic) bond motifs is 2. The third-order valence-electron chi connectivity index (χ3n) is 8.01. The molecule has 1 aromatic heterocycles. The van der Waals surface area contributed by atoms with Gasteiger partial charge in [-0.05, 0) is 72.4 Å². The zero-order valence-electron chi connectivity index (χ0n) is 22.8. The molecule has 0 bridgehead atoms. The first-order valence-corrected chi connectivity index (χ1v) is 13.7. The van der Waals surface area contributed by atoms with Gasteiger partial charge in [0.15, 0.2) is 0 Å². The van der Waals surface area contributed by atoms with Crippen molar-refractivity contribution in [3.8, 4) is 0 Å². The second kappa shape index (κ2) is 11.0. The Bertz CT molecular complexity index is 1890. The van der Waals surface area contributed by atoms with Crippen LogP contribution in [0.5, 0.6) is 0 Å². The van der Waals surface area contributed by atoms with Gasteiger partial charge in [-0.2, -0.15) is 0 Å². The van der Waals surface area contributed by atoms with Crippen molar-refractivity contribution in [2.45, 2.75) is 44.3 Å². The largest absolute Gasteiger partial charge is 0.478 e. The van der Waals surface area contributed by atoms with E-state index >= 15 is 0 Å². The summed E-state index contributed by atoms with van der Waals surface area (Å²) in [4.78, 5) is 72.5. The van der Waals surface area contributed by atoms with E-state index in [-0.39, 0.29) is 47.0 Å². The third kappa shape index (κ3) is 5.18. The number of carbonyl (C=O) groups is 3. The molecule has 216 valence electrons. The number of hydrogen-bond acceptors (Lipinski definition) is 9. The first kappa shape index (κ1) is 27.6. The molecule has 2 atom stereocenters. The number of aliphatic imine (C=N–C) groups is 1. The number of anilines is 1. The van der Waals surface area contributed by atoms with Crippen molar-refractivity contribution in [1.29, 1.82) is 0 Å². The van der Waals surface area contributed by atoms with Crippen molar-refractivity contribution in [3.63, 3.8) is 0 Å². The Morgan fingerprint density at radius 1 is 0.884 bits per heavy atom. The summed E-state index contributed by atoms with van der Waals surface area (Å²) in [6.07, 6.45) is 3.96. The van der Waals surface area contributed by atoms with Crippen LogP contribution in [-0.2, 0) is 19.4 Å². The highest BCUT2D eigenvalue weighted by molar-refractivity contribution is 5.97. The lowest BCUT2D eigenvalue weighted by molar-refractivity contribution is 0.0696. The van der Waals surface area contributed by atoms with Gasteiger partial charge in [0.05, 0.1) is 17.6 Å². The number of rotatable bonds is 9. The number of benzene rings is 2. The molecule has 1 unspecified atom stereocenters. The number of amides is 2. The van der Waals surface area contributed by atoms with E-state index in [9.17, 15) is 29.1 Å². The van der Waals surface area contributed by atoms with Crippen LogP contribution in [-0.4, -0.2) is 39.6 Å². The van der Waals surface area contributed by atoms with Gasteiger partial charge in [0.2, 0.25) is 0 Å². The van der Waals surface area contributed by atoms with Gasteiger partial charge < -0.3 is 21.1 Å². The normalized spacial score (nSPS) is 16.7. The Balaban J connectivity index is 1.09. The number of aryl methyl sites for hydroxylation is 2. The second-order valence-electron chi connectivity index (χ2n) is 10.6. The van der Waals surface area contributed by atoms with E-state index < -0.39 is 28.6 Å². The molecular weight excluding hydrogens is 552 g/mol. The van der Waals surface area contributed by atoms with E-state index in [0.29, 0.717) is 12.8 Å². The van der Waals surface area contributed by atoms with E-state index in [0.717, 1.165) is 47.0 Å². The zero-order chi connectivity index (χ0) is 30.2. The molecule has 6 rings (SSSR count). The number of hydrogen-bond donors (Lipinski definition) is 4. The molecule has 0 radical (unpaired) electrons. The Kier molecular flexibility index (Phi) is 7.10. The summed E-state index contributed by atoms with van der Waals surface area (Å²) in [6, 6.07) is 11.5. The van der Waals surface area contributed by atoms with Crippen LogP contribution in [0, 0.1) is 0 Å². The molecule has 0 aliphatic heterocycles. The second-order valence-corrected chi connectivity index (χ2v) is 10.6. The lowest BCUT2D eigenvalue weighted by atomic mass is 10.0. The lowest BCUT2D eigenvalue weighted by Crippen LogP contribution is -2.34. The zero-order valence-corrected chi connectivity index (χ0v) is 22.8. The Morgan fingerprint density at radius 2 is 1.63 bits per heavy atom. The van der Waals surface area contributed by atoms with Gasteiger partial charge in [0.25, 0.3) is 22.7 Å². The monoisotopic (exact) mass is 578 g/mol. The Labute approximate surface area is 244 Å². The first-order valence-electron chi connectivity index (χ1n) is 13.7. The van der Waals surface area contributed by atoms with Gasteiger partial charge in [0.1, 0.15) is 29.1 Å². The lowest BCUT2D eigenvalue weighted by Gasteiger charge is -2.18. The van der Waals surface area contributed by atoms with Gasteiger partial charge in [0, 0.05) is 12.6 Å². The predicted molar refractivity (Wildman–Crippen MR) is 157 cm³/mol. The molecule has 12 nitrogen and oxygen atoms in total. The summed E-state index contributed by atoms with van der Waals surface area (Å²) in [5, 5.41) is 18.1. The maximum absolute atomic E-state index is 13.0. The smallest absolute Gasteiger partial charge is 0.335 e. The summed E-state index contributed by atoms with van der Waals surface area (Å²) < 4.78 is 0. The van der Waals surface area contributed by atoms with E-state index in [1.807, 2.05) is 18.2 Å². The number of nitrogens with one attached hydrogen (secondary N) is 3. The molecule has 2 aliphatic carbocycles. The quantitative estimate of drug-likeness (QED) is 0.171. The molecule has 3 aromatic carbocycles. The molecule has 0 saturated carbocycles. The summed E-state index contributed by atoms with van der Waals surface area (Å²) in [6.45, 7) is 3.56. The molecule has 0 saturated heterocycles. The van der Waals surface area contributed by atoms with Crippen molar-refractivity contribution in [2.24, 2.45) is 4.99 Å². The minimum atomic E-state index is -1.00. The highest BCUT2D eigenvalue weighted by atomic mass is 16.4. The van der Waals surface area contributed by atoms with Gasteiger partial charge in [-0.3, -0.25) is 24.2 Å². The molecule has 0 fully saturated rings. The van der Waals surface area contributed by atoms with Crippen molar-refractivity contribution < 1.29 is 19.5 Å². The van der Waals surface area contributed by atoms with Crippen molar-refractivity contribution in [1.82, 2.24) is 20.6 Å². The summed E-state index contributed by atoms with van der Waals surface area (Å²) in [7, 11) is 0.